The van der Waals surface area contributed by atoms with Crippen molar-refractivity contribution in [2.24, 2.45) is 11.3 Å². The molecule has 4 aromatic heterocycles. The van der Waals surface area contributed by atoms with Crippen LogP contribution in [-0.4, -0.2) is 126 Å². The molecule has 7 rings (SSSR count). The van der Waals surface area contributed by atoms with Gasteiger partial charge in [-0.25, -0.2) is 48.0 Å². The summed E-state index contributed by atoms with van der Waals surface area (Å²) < 4.78 is 113. The summed E-state index contributed by atoms with van der Waals surface area (Å²) in [7, 11) is -3.27. The summed E-state index contributed by atoms with van der Waals surface area (Å²) in [4.78, 5) is 59.9. The van der Waals surface area contributed by atoms with Crippen LogP contribution in [0.25, 0.3) is 22.3 Å². The van der Waals surface area contributed by atoms with Crippen molar-refractivity contribution >= 4 is 71.7 Å². The molecule has 1 aromatic carbocycles. The molecular formula is C37H46F2N10O14P2S. The average molecular weight is 987 g/mol. The normalized spacial score (nSPS) is 25.2. The number of halogens is 2. The number of esters is 2. The number of ether oxygens (including phenoxy) is 6. The van der Waals surface area contributed by atoms with Crippen molar-refractivity contribution in [1.82, 2.24) is 39.0 Å². The lowest BCUT2D eigenvalue weighted by molar-refractivity contribution is -0.159. The minimum Gasteiger partial charge on any atom is -0.457 e. The van der Waals surface area contributed by atoms with E-state index in [0.29, 0.717) is 11.4 Å². The lowest BCUT2D eigenvalue weighted by Crippen LogP contribution is -2.34. The van der Waals surface area contributed by atoms with Gasteiger partial charge in [-0.15, -0.1) is 0 Å². The van der Waals surface area contributed by atoms with E-state index in [2.05, 4.69) is 29.9 Å². The highest BCUT2D eigenvalue weighted by atomic mass is 32.7. The van der Waals surface area contributed by atoms with Crippen molar-refractivity contribution in [3.8, 4) is 5.75 Å². The number of hydrogen-bond acceptors (Lipinski definition) is 22. The third-order valence-corrected chi connectivity index (χ3v) is 14.6. The molecule has 0 radical (unpaired) electrons. The number of alkyl halides is 2. The van der Waals surface area contributed by atoms with Crippen LogP contribution >= 0.6 is 25.8 Å². The van der Waals surface area contributed by atoms with Crippen molar-refractivity contribution < 1.29 is 74.4 Å². The minimum absolute atomic E-state index is 0.0209. The summed E-state index contributed by atoms with van der Waals surface area (Å²) in [5.41, 5.74) is 11.7. The SMILES string of the molecule is COCP(=O)(O)OC[C@H]1O[C@@H](n2cnc3c(N)ncnc32)[C@H](F)[C@@H]1OP(=O)(OC[C@H]1O[C@@H](n2cnc3c(N)ncnc32)[C@H](F)[C@@H]1C)SCOC(=O)c1ccc(OCOC(=O)C(C)(C)C)cc1. The number of methoxy groups -OCH3 is 1. The highest BCUT2D eigenvalue weighted by molar-refractivity contribution is 8.55. The first-order valence-corrected chi connectivity index (χ1v) is 24.7. The molecule has 66 heavy (non-hydrogen) atoms. The number of aromatic nitrogens is 8. The third-order valence-electron chi connectivity index (χ3n) is 10.2. The molecule has 5 N–H and O–H groups in total. The van der Waals surface area contributed by atoms with E-state index in [-0.39, 0.29) is 52.1 Å². The molecule has 0 bridgehead atoms. The Balaban J connectivity index is 1.11. The van der Waals surface area contributed by atoms with Crippen LogP contribution in [0, 0.1) is 11.3 Å². The highest BCUT2D eigenvalue weighted by Gasteiger charge is 2.52. The maximum atomic E-state index is 16.9. The zero-order chi connectivity index (χ0) is 47.6. The molecule has 0 saturated carbocycles. The number of rotatable bonds is 19. The molecule has 10 atom stereocenters. The van der Waals surface area contributed by atoms with E-state index >= 15 is 8.78 Å². The first-order chi connectivity index (χ1) is 31.3. The van der Waals surface area contributed by atoms with Gasteiger partial charge in [-0.1, -0.05) is 6.92 Å². The summed E-state index contributed by atoms with van der Waals surface area (Å²) in [6, 6.07) is 5.58. The summed E-state index contributed by atoms with van der Waals surface area (Å²) in [5, 5.41) is 0. The maximum Gasteiger partial charge on any atom is 0.392 e. The van der Waals surface area contributed by atoms with Crippen LogP contribution in [0.3, 0.4) is 0 Å². The van der Waals surface area contributed by atoms with Crippen LogP contribution in [-0.2, 0) is 51.2 Å². The number of nitrogen functional groups attached to an aromatic ring is 2. The fourth-order valence-corrected chi connectivity index (χ4v) is 10.2. The second-order valence-electron chi connectivity index (χ2n) is 15.9. The fraction of sp³-hybridized carbons (Fsp3) is 0.514. The van der Waals surface area contributed by atoms with Gasteiger partial charge in [0.25, 0.3) is 0 Å². The quantitative estimate of drug-likeness (QED) is 0.0572. The summed E-state index contributed by atoms with van der Waals surface area (Å²) >= 11 is 0.335. The van der Waals surface area contributed by atoms with Gasteiger partial charge in [0.05, 0.1) is 43.0 Å². The number of anilines is 2. The monoisotopic (exact) mass is 986 g/mol. The Hall–Kier alpha value is -4.95. The Morgan fingerprint density at radius 1 is 0.848 bits per heavy atom. The number of imidazole rings is 2. The van der Waals surface area contributed by atoms with Crippen molar-refractivity contribution in [3.05, 3.63) is 55.1 Å². The Morgan fingerprint density at radius 2 is 1.42 bits per heavy atom. The van der Waals surface area contributed by atoms with Gasteiger partial charge < -0.3 is 49.3 Å². The smallest absolute Gasteiger partial charge is 0.392 e. The summed E-state index contributed by atoms with van der Waals surface area (Å²) in [5.74, 6) is -2.67. The number of fused-ring (bicyclic) bond motifs is 2. The second kappa shape index (κ2) is 20.1. The van der Waals surface area contributed by atoms with Crippen molar-refractivity contribution in [2.45, 2.75) is 70.8 Å². The molecule has 358 valence electrons. The lowest BCUT2D eigenvalue weighted by Gasteiger charge is -2.26. The Kier molecular flexibility index (Phi) is 14.9. The predicted octanol–water partition coefficient (Wildman–Crippen LogP) is 4.73. The van der Waals surface area contributed by atoms with Gasteiger partial charge in [0, 0.05) is 24.4 Å². The Morgan fingerprint density at radius 3 is 2.02 bits per heavy atom. The molecule has 0 amide bonds. The van der Waals surface area contributed by atoms with Crippen LogP contribution in [0.2, 0.25) is 0 Å². The first-order valence-electron chi connectivity index (χ1n) is 19.8. The molecular weight excluding hydrogens is 940 g/mol. The van der Waals surface area contributed by atoms with Crippen LogP contribution < -0.4 is 16.2 Å². The Bertz CT molecular complexity index is 2630. The summed E-state index contributed by atoms with van der Waals surface area (Å²) in [6.45, 7) is 0.0385. The zero-order valence-corrected chi connectivity index (χ0v) is 38.4. The van der Waals surface area contributed by atoms with Gasteiger partial charge in [-0.2, -0.15) is 0 Å². The van der Waals surface area contributed by atoms with Crippen LogP contribution in [0.1, 0.15) is 50.5 Å². The van der Waals surface area contributed by atoms with E-state index in [0.717, 1.165) is 13.4 Å². The molecule has 2 fully saturated rings. The van der Waals surface area contributed by atoms with E-state index in [1.807, 2.05) is 0 Å². The van der Waals surface area contributed by atoms with Gasteiger partial charge in [0.2, 0.25) is 6.79 Å². The molecule has 2 unspecified atom stereocenters. The molecule has 2 aliphatic heterocycles. The highest BCUT2D eigenvalue weighted by Crippen LogP contribution is 2.63. The van der Waals surface area contributed by atoms with E-state index in [1.165, 1.54) is 59.3 Å². The Labute approximate surface area is 378 Å². The van der Waals surface area contributed by atoms with Crippen LogP contribution in [0.15, 0.2) is 49.6 Å². The number of nitrogens with two attached hydrogens (primary N) is 2. The molecule has 2 saturated heterocycles. The maximum absolute atomic E-state index is 16.9. The molecule has 5 aromatic rings. The molecule has 2 aliphatic rings. The zero-order valence-electron chi connectivity index (χ0n) is 35.8. The number of benzene rings is 1. The second-order valence-corrected chi connectivity index (χ2v) is 21.6. The van der Waals surface area contributed by atoms with Gasteiger partial charge in [0.1, 0.15) is 53.9 Å². The van der Waals surface area contributed by atoms with Gasteiger partial charge in [-0.05, 0) is 45.0 Å². The molecule has 29 heteroatoms. The van der Waals surface area contributed by atoms with Gasteiger partial charge in [-0.3, -0.25) is 27.5 Å². The summed E-state index contributed by atoms with van der Waals surface area (Å²) in [6.07, 6.45) is -7.36. The van der Waals surface area contributed by atoms with Crippen molar-refractivity contribution in [3.63, 3.8) is 0 Å². The molecule has 24 nitrogen and oxygen atoms in total. The number of carbonyl (C=O) groups is 2. The average Bonchev–Trinajstić information content (AvgIpc) is 4.04. The van der Waals surface area contributed by atoms with Crippen LogP contribution in [0.5, 0.6) is 5.75 Å². The van der Waals surface area contributed by atoms with E-state index in [4.69, 9.17) is 53.5 Å². The minimum atomic E-state index is -4.78. The van der Waals surface area contributed by atoms with E-state index in [9.17, 15) is 23.6 Å². The molecule has 0 aliphatic carbocycles. The van der Waals surface area contributed by atoms with Crippen molar-refractivity contribution in [2.75, 3.05) is 50.9 Å². The third kappa shape index (κ3) is 10.9. The van der Waals surface area contributed by atoms with Crippen LogP contribution in [0.4, 0.5) is 20.4 Å². The van der Waals surface area contributed by atoms with E-state index in [1.54, 1.807) is 20.8 Å². The van der Waals surface area contributed by atoms with Gasteiger partial charge >= 0.3 is 26.3 Å². The number of carbonyl (C=O) groups excluding carboxylic acids is 2. The standard InChI is InChI=1S/C37H46F2N10O14P2S/c1-19-22(61-33(24(19)38)48-14-46-26-29(40)42-12-44-31(26)48)10-60-65(54,66-18-58-35(50)20-6-8-21(9-7-20)56-16-57-36(51)37(2,3)4)63-28-23(11-59-64(52,53)17-55-5)62-34(25(28)39)49-15-47-27-30(41)43-13-45-32(27)49/h6-9,12-15,19,22-25,28,33-34H,10-11,16-18H2,1-5H3,(H,52,53)(H2,40,42,44)(H2,41,43,45)/t19-,22-,23-,24-,25-,28-,33-,34-,65?/m1/s1. The molecule has 6 heterocycles. The van der Waals surface area contributed by atoms with E-state index < -0.39 is 106 Å². The number of hydrogen-bond donors (Lipinski definition) is 3. The van der Waals surface area contributed by atoms with Gasteiger partial charge in [0.15, 0.2) is 47.7 Å². The largest absolute Gasteiger partial charge is 0.457 e. The number of nitrogens with zero attached hydrogens (tertiary/aromatic N) is 8. The topological polar surface area (TPSA) is 311 Å². The molecule has 0 spiro atoms. The van der Waals surface area contributed by atoms with Crippen molar-refractivity contribution in [1.29, 1.82) is 0 Å². The lowest BCUT2D eigenvalue weighted by atomic mass is 9.98. The predicted molar refractivity (Wildman–Crippen MR) is 228 cm³/mol. The first kappa shape index (κ1) is 49.0. The fourth-order valence-electron chi connectivity index (χ4n) is 6.63.